The first-order valence-corrected chi connectivity index (χ1v) is 6.44. The van der Waals surface area contributed by atoms with E-state index in [2.05, 4.69) is 36.1 Å². The SMILES string of the molecule is Cc1cccc(N2CCN(C(=O)C(C)N)CC2)c1.Cl. The summed E-state index contributed by atoms with van der Waals surface area (Å²) in [6, 6.07) is 8.08. The van der Waals surface area contributed by atoms with E-state index in [4.69, 9.17) is 5.73 Å². The van der Waals surface area contributed by atoms with E-state index in [1.807, 2.05) is 4.90 Å². The molecule has 5 heteroatoms. The van der Waals surface area contributed by atoms with E-state index in [1.165, 1.54) is 11.3 Å². The molecular weight excluding hydrogens is 262 g/mol. The summed E-state index contributed by atoms with van der Waals surface area (Å²) in [5.74, 6) is 0.0545. The highest BCUT2D eigenvalue weighted by molar-refractivity contribution is 5.85. The van der Waals surface area contributed by atoms with Gasteiger partial charge < -0.3 is 15.5 Å². The summed E-state index contributed by atoms with van der Waals surface area (Å²) in [4.78, 5) is 16.0. The maximum Gasteiger partial charge on any atom is 0.239 e. The molecule has 0 radical (unpaired) electrons. The van der Waals surface area contributed by atoms with Crippen molar-refractivity contribution < 1.29 is 4.79 Å². The van der Waals surface area contributed by atoms with Crippen LogP contribution in [0.4, 0.5) is 5.69 Å². The first-order chi connectivity index (χ1) is 8.58. The van der Waals surface area contributed by atoms with Crippen molar-refractivity contribution >= 4 is 24.0 Å². The molecule has 0 aliphatic carbocycles. The van der Waals surface area contributed by atoms with Crippen LogP contribution in [-0.2, 0) is 4.79 Å². The molecule has 0 spiro atoms. The van der Waals surface area contributed by atoms with Crippen LogP contribution < -0.4 is 10.6 Å². The minimum absolute atomic E-state index is 0. The summed E-state index contributed by atoms with van der Waals surface area (Å²) in [5, 5.41) is 0. The van der Waals surface area contributed by atoms with E-state index < -0.39 is 6.04 Å². The lowest BCUT2D eigenvalue weighted by molar-refractivity contribution is -0.132. The third-order valence-corrected chi connectivity index (χ3v) is 3.35. The van der Waals surface area contributed by atoms with Crippen LogP contribution in [0.3, 0.4) is 0 Å². The van der Waals surface area contributed by atoms with Crippen molar-refractivity contribution in [3.8, 4) is 0 Å². The minimum atomic E-state index is -0.393. The van der Waals surface area contributed by atoms with Gasteiger partial charge in [-0.05, 0) is 31.5 Å². The molecule has 1 aliphatic rings. The van der Waals surface area contributed by atoms with Gasteiger partial charge in [-0.2, -0.15) is 0 Å². The van der Waals surface area contributed by atoms with Gasteiger partial charge in [0.15, 0.2) is 0 Å². The number of piperazine rings is 1. The van der Waals surface area contributed by atoms with Gasteiger partial charge in [0, 0.05) is 31.9 Å². The Hall–Kier alpha value is -1.26. The number of rotatable bonds is 2. The summed E-state index contributed by atoms with van der Waals surface area (Å²) < 4.78 is 0. The van der Waals surface area contributed by atoms with Crippen LogP contribution in [0.5, 0.6) is 0 Å². The Bertz CT molecular complexity index is 428. The van der Waals surface area contributed by atoms with Crippen LogP contribution in [0.1, 0.15) is 12.5 Å². The topological polar surface area (TPSA) is 49.6 Å². The molecule has 2 rings (SSSR count). The van der Waals surface area contributed by atoms with Gasteiger partial charge in [0.1, 0.15) is 0 Å². The zero-order valence-corrected chi connectivity index (χ0v) is 12.3. The zero-order chi connectivity index (χ0) is 13.1. The number of anilines is 1. The number of carbonyl (C=O) groups excluding carboxylic acids is 1. The molecule has 0 aromatic heterocycles. The molecule has 0 bridgehead atoms. The molecule has 2 N–H and O–H groups in total. The fraction of sp³-hybridized carbons (Fsp3) is 0.500. The summed E-state index contributed by atoms with van der Waals surface area (Å²) in [7, 11) is 0. The number of nitrogens with zero attached hydrogens (tertiary/aromatic N) is 2. The molecule has 1 heterocycles. The number of carbonyl (C=O) groups is 1. The van der Waals surface area contributed by atoms with Crippen molar-refractivity contribution in [1.29, 1.82) is 0 Å². The van der Waals surface area contributed by atoms with Gasteiger partial charge in [-0.15, -0.1) is 12.4 Å². The number of aryl methyl sites for hydroxylation is 1. The van der Waals surface area contributed by atoms with Crippen LogP contribution in [0.25, 0.3) is 0 Å². The second-order valence-corrected chi connectivity index (χ2v) is 4.94. The second kappa shape index (κ2) is 6.78. The van der Waals surface area contributed by atoms with Crippen LogP contribution in [-0.4, -0.2) is 43.0 Å². The monoisotopic (exact) mass is 283 g/mol. The van der Waals surface area contributed by atoms with Gasteiger partial charge in [0.25, 0.3) is 0 Å². The molecule has 1 fully saturated rings. The Labute approximate surface area is 121 Å². The quantitative estimate of drug-likeness (QED) is 0.893. The molecule has 1 unspecified atom stereocenters. The van der Waals surface area contributed by atoms with Gasteiger partial charge in [-0.3, -0.25) is 4.79 Å². The van der Waals surface area contributed by atoms with Crippen LogP contribution in [0.15, 0.2) is 24.3 Å². The minimum Gasteiger partial charge on any atom is -0.368 e. The molecule has 106 valence electrons. The standard InChI is InChI=1S/C14H21N3O.ClH/c1-11-4-3-5-13(10-11)16-6-8-17(9-7-16)14(18)12(2)15;/h3-5,10,12H,6-9,15H2,1-2H3;1H. The van der Waals surface area contributed by atoms with Gasteiger partial charge in [0.05, 0.1) is 6.04 Å². The van der Waals surface area contributed by atoms with Crippen molar-refractivity contribution in [3.05, 3.63) is 29.8 Å². The summed E-state index contributed by atoms with van der Waals surface area (Å²) in [6.07, 6.45) is 0. The normalized spacial score (nSPS) is 16.8. The number of hydrogen-bond donors (Lipinski definition) is 1. The Morgan fingerprint density at radius 1 is 1.26 bits per heavy atom. The molecular formula is C14H22ClN3O. The molecule has 1 saturated heterocycles. The maximum atomic E-state index is 11.8. The van der Waals surface area contributed by atoms with Gasteiger partial charge in [-0.25, -0.2) is 0 Å². The predicted octanol–water partition coefficient (Wildman–Crippen LogP) is 1.41. The predicted molar refractivity (Wildman–Crippen MR) is 80.9 cm³/mol. The summed E-state index contributed by atoms with van der Waals surface area (Å²) >= 11 is 0. The fourth-order valence-electron chi connectivity index (χ4n) is 2.30. The first-order valence-electron chi connectivity index (χ1n) is 6.44. The van der Waals surface area contributed by atoms with Crippen LogP contribution >= 0.6 is 12.4 Å². The van der Waals surface area contributed by atoms with Crippen LogP contribution in [0.2, 0.25) is 0 Å². The average Bonchev–Trinajstić information content (AvgIpc) is 2.38. The lowest BCUT2D eigenvalue weighted by atomic mass is 10.2. The van der Waals surface area contributed by atoms with E-state index in [-0.39, 0.29) is 18.3 Å². The second-order valence-electron chi connectivity index (χ2n) is 4.94. The van der Waals surface area contributed by atoms with E-state index in [0.29, 0.717) is 0 Å². The fourth-order valence-corrected chi connectivity index (χ4v) is 2.30. The van der Waals surface area contributed by atoms with E-state index in [9.17, 15) is 4.79 Å². The van der Waals surface area contributed by atoms with Crippen molar-refractivity contribution in [3.63, 3.8) is 0 Å². The Morgan fingerprint density at radius 2 is 1.89 bits per heavy atom. The third kappa shape index (κ3) is 3.85. The molecule has 4 nitrogen and oxygen atoms in total. The lowest BCUT2D eigenvalue weighted by Gasteiger charge is -2.36. The highest BCUT2D eigenvalue weighted by Crippen LogP contribution is 2.17. The average molecular weight is 284 g/mol. The van der Waals surface area contributed by atoms with Crippen molar-refractivity contribution in [2.45, 2.75) is 19.9 Å². The van der Waals surface area contributed by atoms with Crippen molar-refractivity contribution in [2.75, 3.05) is 31.1 Å². The Balaban J connectivity index is 0.00000180. The summed E-state index contributed by atoms with van der Waals surface area (Å²) in [5.41, 5.74) is 8.13. The maximum absolute atomic E-state index is 11.8. The number of nitrogens with two attached hydrogens (primary N) is 1. The van der Waals surface area contributed by atoms with Crippen molar-refractivity contribution in [1.82, 2.24) is 4.90 Å². The summed E-state index contributed by atoms with van der Waals surface area (Å²) in [6.45, 7) is 7.11. The van der Waals surface area contributed by atoms with Gasteiger partial charge >= 0.3 is 0 Å². The number of halogens is 1. The van der Waals surface area contributed by atoms with E-state index in [1.54, 1.807) is 6.92 Å². The lowest BCUT2D eigenvalue weighted by Crippen LogP contribution is -2.52. The molecule has 1 aliphatic heterocycles. The zero-order valence-electron chi connectivity index (χ0n) is 11.5. The van der Waals surface area contributed by atoms with Crippen molar-refractivity contribution in [2.24, 2.45) is 5.73 Å². The highest BCUT2D eigenvalue weighted by Gasteiger charge is 2.23. The van der Waals surface area contributed by atoms with E-state index >= 15 is 0 Å². The number of hydrogen-bond acceptors (Lipinski definition) is 3. The molecule has 1 aromatic carbocycles. The molecule has 1 atom stereocenters. The smallest absolute Gasteiger partial charge is 0.239 e. The molecule has 1 aromatic rings. The molecule has 19 heavy (non-hydrogen) atoms. The first kappa shape index (κ1) is 15.8. The Morgan fingerprint density at radius 3 is 2.42 bits per heavy atom. The molecule has 1 amide bonds. The highest BCUT2D eigenvalue weighted by atomic mass is 35.5. The number of amides is 1. The van der Waals surface area contributed by atoms with Crippen LogP contribution in [0, 0.1) is 6.92 Å². The number of benzene rings is 1. The van der Waals surface area contributed by atoms with Gasteiger partial charge in [-0.1, -0.05) is 12.1 Å². The Kier molecular flexibility index (Phi) is 5.63. The van der Waals surface area contributed by atoms with E-state index in [0.717, 1.165) is 26.2 Å². The molecule has 0 saturated carbocycles. The largest absolute Gasteiger partial charge is 0.368 e. The third-order valence-electron chi connectivity index (χ3n) is 3.35. The van der Waals surface area contributed by atoms with Gasteiger partial charge in [0.2, 0.25) is 5.91 Å².